The lowest BCUT2D eigenvalue weighted by atomic mass is 10.3. The minimum Gasteiger partial charge on any atom is -0.366 e. The fourth-order valence-electron chi connectivity index (χ4n) is 1.09. The topological polar surface area (TPSA) is 69.6 Å². The summed E-state index contributed by atoms with van der Waals surface area (Å²) in [7, 11) is 0. The van der Waals surface area contributed by atoms with Gasteiger partial charge in [-0.2, -0.15) is 4.98 Å². The van der Waals surface area contributed by atoms with Gasteiger partial charge in [-0.3, -0.25) is 4.98 Å². The molecule has 7 heteroatoms. The molecule has 0 fully saturated rings. The van der Waals surface area contributed by atoms with E-state index in [9.17, 15) is 0 Å². The molecule has 0 bridgehead atoms. The monoisotopic (exact) mass is 287 g/mol. The Morgan fingerprint density at radius 1 is 1.47 bits per heavy atom. The average molecular weight is 289 g/mol. The molecular weight excluding hydrogens is 281 g/mol. The van der Waals surface area contributed by atoms with Crippen LogP contribution in [-0.2, 0) is 6.54 Å². The Balaban J connectivity index is 2.21. The van der Waals surface area contributed by atoms with Crippen molar-refractivity contribution < 1.29 is 0 Å². The molecule has 2 aromatic rings. The van der Waals surface area contributed by atoms with Crippen LogP contribution in [0, 0.1) is 0 Å². The van der Waals surface area contributed by atoms with E-state index < -0.39 is 0 Å². The third-order valence-corrected chi connectivity index (χ3v) is 2.55. The summed E-state index contributed by atoms with van der Waals surface area (Å²) in [5, 5.41) is 4.60. The van der Waals surface area contributed by atoms with E-state index in [4.69, 9.17) is 17.3 Å². The fraction of sp³-hybridized carbons (Fsp3) is 0.125. The van der Waals surface area contributed by atoms with E-state index in [1.807, 2.05) is 6.07 Å². The van der Waals surface area contributed by atoms with Crippen molar-refractivity contribution in [1.82, 2.24) is 19.7 Å². The maximum atomic E-state index is 5.72. The molecule has 0 amide bonds. The average Bonchev–Trinajstić information content (AvgIpc) is 2.49. The van der Waals surface area contributed by atoms with Crippen molar-refractivity contribution in [2.24, 2.45) is 0 Å². The molecule has 0 saturated carbocycles. The van der Waals surface area contributed by atoms with Gasteiger partial charge in [0.15, 0.2) is 4.73 Å². The summed E-state index contributed by atoms with van der Waals surface area (Å²) >= 11 is 8.97. The van der Waals surface area contributed by atoms with E-state index in [0.29, 0.717) is 16.3 Å². The van der Waals surface area contributed by atoms with Crippen molar-refractivity contribution in [1.29, 1.82) is 0 Å². The highest BCUT2D eigenvalue weighted by Crippen LogP contribution is 2.11. The molecule has 0 radical (unpaired) electrons. The van der Waals surface area contributed by atoms with Crippen LogP contribution >= 0.6 is 27.5 Å². The number of nitrogens with zero attached hydrogens (tertiary/aromatic N) is 4. The Morgan fingerprint density at radius 3 is 2.80 bits per heavy atom. The van der Waals surface area contributed by atoms with Gasteiger partial charge in [0.05, 0.1) is 17.3 Å². The summed E-state index contributed by atoms with van der Waals surface area (Å²) in [6, 6.07) is 3.60. The number of rotatable bonds is 2. The van der Waals surface area contributed by atoms with Gasteiger partial charge in [-0.05, 0) is 28.1 Å². The van der Waals surface area contributed by atoms with Gasteiger partial charge in [0, 0.05) is 6.20 Å². The second-order valence-electron chi connectivity index (χ2n) is 2.86. The minimum absolute atomic E-state index is 0.232. The highest BCUT2D eigenvalue weighted by Gasteiger charge is 2.05. The van der Waals surface area contributed by atoms with Crippen molar-refractivity contribution in [2.45, 2.75) is 6.54 Å². The van der Waals surface area contributed by atoms with Gasteiger partial charge in [-0.1, -0.05) is 11.6 Å². The Bertz CT molecular complexity index is 466. The Hall–Kier alpha value is -1.14. The molecule has 0 saturated heterocycles. The first kappa shape index (κ1) is 10.4. The molecule has 2 rings (SSSR count). The van der Waals surface area contributed by atoms with E-state index in [1.54, 1.807) is 16.9 Å². The van der Waals surface area contributed by atoms with Gasteiger partial charge in [0.1, 0.15) is 0 Å². The maximum absolute atomic E-state index is 5.72. The molecule has 0 atom stereocenters. The zero-order valence-corrected chi connectivity index (χ0v) is 9.90. The van der Waals surface area contributed by atoms with E-state index in [2.05, 4.69) is 31.0 Å². The number of aromatic nitrogens is 4. The number of hydrogen-bond acceptors (Lipinski definition) is 4. The molecule has 15 heavy (non-hydrogen) atoms. The lowest BCUT2D eigenvalue weighted by Gasteiger charge is -2.01. The largest absolute Gasteiger partial charge is 0.366 e. The molecule has 0 spiro atoms. The first-order valence-electron chi connectivity index (χ1n) is 4.11. The second-order valence-corrected chi connectivity index (χ2v) is 4.01. The van der Waals surface area contributed by atoms with Crippen LogP contribution in [0.1, 0.15) is 5.69 Å². The third kappa shape index (κ3) is 2.45. The first-order chi connectivity index (χ1) is 7.15. The summed E-state index contributed by atoms with van der Waals surface area (Å²) < 4.78 is 2.20. The SMILES string of the molecule is Nc1nc(Br)n(Cc2ccc(Cl)cn2)n1. The van der Waals surface area contributed by atoms with Crippen molar-refractivity contribution >= 4 is 33.5 Å². The molecule has 0 aromatic carbocycles. The zero-order chi connectivity index (χ0) is 10.8. The Kier molecular flexibility index (Phi) is 2.88. The van der Waals surface area contributed by atoms with E-state index >= 15 is 0 Å². The summed E-state index contributed by atoms with van der Waals surface area (Å²) in [6.45, 7) is 0.502. The van der Waals surface area contributed by atoms with E-state index in [1.165, 1.54) is 0 Å². The number of anilines is 1. The number of hydrogen-bond donors (Lipinski definition) is 1. The number of pyridine rings is 1. The number of nitrogens with two attached hydrogens (primary N) is 1. The van der Waals surface area contributed by atoms with Crippen molar-refractivity contribution in [3.05, 3.63) is 33.8 Å². The first-order valence-corrected chi connectivity index (χ1v) is 5.28. The van der Waals surface area contributed by atoms with Gasteiger partial charge in [0.25, 0.3) is 0 Å². The van der Waals surface area contributed by atoms with Crippen LogP contribution < -0.4 is 5.73 Å². The summed E-state index contributed by atoms with van der Waals surface area (Å²) in [5.74, 6) is 0.232. The van der Waals surface area contributed by atoms with Crippen LogP contribution in [0.25, 0.3) is 0 Å². The summed E-state index contributed by atoms with van der Waals surface area (Å²) in [4.78, 5) is 8.06. The highest BCUT2D eigenvalue weighted by molar-refractivity contribution is 9.10. The van der Waals surface area contributed by atoms with Crippen molar-refractivity contribution in [3.8, 4) is 0 Å². The molecule has 2 heterocycles. The standard InChI is InChI=1S/C8H7BrClN5/c9-7-13-8(11)14-15(7)4-6-2-1-5(10)3-12-6/h1-3H,4H2,(H2,11,14). The van der Waals surface area contributed by atoms with Crippen molar-refractivity contribution in [2.75, 3.05) is 5.73 Å². The summed E-state index contributed by atoms with van der Waals surface area (Å²) in [5.41, 5.74) is 6.28. The van der Waals surface area contributed by atoms with Gasteiger partial charge in [0.2, 0.25) is 5.95 Å². The molecule has 0 aliphatic heterocycles. The predicted molar refractivity (Wildman–Crippen MR) is 60.5 cm³/mol. The molecule has 0 aliphatic rings. The lowest BCUT2D eigenvalue weighted by molar-refractivity contribution is 0.657. The van der Waals surface area contributed by atoms with Crippen molar-refractivity contribution in [3.63, 3.8) is 0 Å². The van der Waals surface area contributed by atoms with Crippen LogP contribution in [-0.4, -0.2) is 19.7 Å². The third-order valence-electron chi connectivity index (χ3n) is 1.74. The van der Waals surface area contributed by atoms with Gasteiger partial charge in [-0.25, -0.2) is 4.68 Å². The highest BCUT2D eigenvalue weighted by atomic mass is 79.9. The minimum atomic E-state index is 0.232. The van der Waals surface area contributed by atoms with Crippen LogP contribution in [0.3, 0.4) is 0 Å². The molecule has 2 N–H and O–H groups in total. The summed E-state index contributed by atoms with van der Waals surface area (Å²) in [6.07, 6.45) is 1.59. The molecule has 0 aliphatic carbocycles. The Morgan fingerprint density at radius 2 is 2.27 bits per heavy atom. The van der Waals surface area contributed by atoms with Crippen LogP contribution in [0.15, 0.2) is 23.1 Å². The quantitative estimate of drug-likeness (QED) is 0.913. The van der Waals surface area contributed by atoms with Gasteiger partial charge >= 0.3 is 0 Å². The van der Waals surface area contributed by atoms with Crippen LogP contribution in [0.2, 0.25) is 5.02 Å². The predicted octanol–water partition coefficient (Wildman–Crippen LogP) is 1.72. The molecule has 0 unspecified atom stereocenters. The number of halogens is 2. The molecular formula is C8H7BrClN5. The lowest BCUT2D eigenvalue weighted by Crippen LogP contribution is -2.04. The Labute approximate surface area is 99.4 Å². The normalized spacial score (nSPS) is 10.5. The fourth-order valence-corrected chi connectivity index (χ4v) is 1.59. The second kappa shape index (κ2) is 4.16. The molecule has 2 aromatic heterocycles. The smallest absolute Gasteiger partial charge is 0.240 e. The van der Waals surface area contributed by atoms with Crippen LogP contribution in [0.4, 0.5) is 5.95 Å². The van der Waals surface area contributed by atoms with Crippen LogP contribution in [0.5, 0.6) is 0 Å². The van der Waals surface area contributed by atoms with E-state index in [-0.39, 0.29) is 5.95 Å². The maximum Gasteiger partial charge on any atom is 0.240 e. The zero-order valence-electron chi connectivity index (χ0n) is 7.56. The van der Waals surface area contributed by atoms with Gasteiger partial charge < -0.3 is 5.73 Å². The molecule has 78 valence electrons. The van der Waals surface area contributed by atoms with E-state index in [0.717, 1.165) is 5.69 Å². The van der Waals surface area contributed by atoms with Gasteiger partial charge in [-0.15, -0.1) is 5.10 Å². The molecule has 5 nitrogen and oxygen atoms in total. The number of nitrogen functional groups attached to an aromatic ring is 1.